The predicted molar refractivity (Wildman–Crippen MR) is 64.6 cm³/mol. The average Bonchev–Trinajstić information content (AvgIpc) is 2.86. The number of thiazole rings is 1. The number of rotatable bonds is 3. The van der Waals surface area contributed by atoms with Gasteiger partial charge in [-0.2, -0.15) is 13.2 Å². The summed E-state index contributed by atoms with van der Waals surface area (Å²) in [6, 6.07) is 0. The van der Waals surface area contributed by atoms with Gasteiger partial charge in [-0.3, -0.25) is 0 Å². The quantitative estimate of drug-likeness (QED) is 0.901. The maximum absolute atomic E-state index is 13.3. The van der Waals surface area contributed by atoms with E-state index >= 15 is 0 Å². The van der Waals surface area contributed by atoms with Gasteiger partial charge in [0.1, 0.15) is 5.01 Å². The van der Waals surface area contributed by atoms with Crippen LogP contribution in [0.25, 0.3) is 0 Å². The number of nitrogens with zero attached hydrogens (tertiary/aromatic N) is 1. The maximum atomic E-state index is 13.3. The molecule has 1 fully saturated rings. The van der Waals surface area contributed by atoms with Crippen LogP contribution in [0.5, 0.6) is 0 Å². The molecule has 1 aromatic rings. The van der Waals surface area contributed by atoms with Crippen molar-refractivity contribution in [2.24, 2.45) is 5.92 Å². The molecule has 1 aromatic heterocycles. The van der Waals surface area contributed by atoms with Gasteiger partial charge in [-0.05, 0) is 12.8 Å². The molecule has 0 aliphatic heterocycles. The molecule has 1 atom stereocenters. The highest BCUT2D eigenvalue weighted by molar-refractivity contribution is 7.09. The van der Waals surface area contributed by atoms with Crippen molar-refractivity contribution in [1.82, 2.24) is 4.98 Å². The summed E-state index contributed by atoms with van der Waals surface area (Å²) in [5, 5.41) is 20.2. The second kappa shape index (κ2) is 5.38. The van der Waals surface area contributed by atoms with Crippen LogP contribution in [-0.4, -0.2) is 21.4 Å². The fourth-order valence-electron chi connectivity index (χ4n) is 2.60. The van der Waals surface area contributed by atoms with Gasteiger partial charge in [0.15, 0.2) is 0 Å². The highest BCUT2D eigenvalue weighted by Gasteiger charge is 2.61. The van der Waals surface area contributed by atoms with E-state index in [1.54, 1.807) is 0 Å². The summed E-state index contributed by atoms with van der Waals surface area (Å²) in [6.45, 7) is -0.422. The lowest BCUT2D eigenvalue weighted by Gasteiger charge is -2.38. The third-order valence-electron chi connectivity index (χ3n) is 3.67. The molecule has 2 N–H and O–H groups in total. The Morgan fingerprint density at radius 2 is 1.89 bits per heavy atom. The first kappa shape index (κ1) is 14.7. The second-order valence-electron chi connectivity index (χ2n) is 4.90. The Kier molecular flexibility index (Phi) is 4.17. The fraction of sp³-hybridized carbons (Fsp3) is 0.750. The van der Waals surface area contributed by atoms with Crippen molar-refractivity contribution in [3.63, 3.8) is 0 Å². The Balaban J connectivity index is 2.38. The molecule has 108 valence electrons. The smallest absolute Gasteiger partial charge is 0.390 e. The molecule has 1 aliphatic carbocycles. The Bertz CT molecular complexity index is 429. The van der Waals surface area contributed by atoms with Crippen molar-refractivity contribution in [3.8, 4) is 0 Å². The SMILES string of the molecule is OCc1csc(C(O)(C2CCCCC2)C(F)(F)F)n1. The number of aromatic nitrogens is 1. The first-order chi connectivity index (χ1) is 8.89. The Hall–Kier alpha value is -0.660. The van der Waals surface area contributed by atoms with Gasteiger partial charge in [-0.15, -0.1) is 11.3 Å². The largest absolute Gasteiger partial charge is 0.424 e. The number of aliphatic hydroxyl groups is 2. The molecular formula is C12H16F3NO2S. The van der Waals surface area contributed by atoms with Crippen molar-refractivity contribution >= 4 is 11.3 Å². The minimum atomic E-state index is -4.75. The van der Waals surface area contributed by atoms with Crippen molar-refractivity contribution < 1.29 is 23.4 Å². The summed E-state index contributed by atoms with van der Waals surface area (Å²) in [6.07, 6.45) is -1.75. The van der Waals surface area contributed by atoms with Crippen LogP contribution in [0.15, 0.2) is 5.38 Å². The van der Waals surface area contributed by atoms with Crippen molar-refractivity contribution in [2.75, 3.05) is 0 Å². The van der Waals surface area contributed by atoms with E-state index in [-0.39, 0.29) is 10.7 Å². The Morgan fingerprint density at radius 3 is 2.37 bits per heavy atom. The third-order valence-corrected chi connectivity index (χ3v) is 4.68. The molecule has 1 heterocycles. The number of hydrogen-bond acceptors (Lipinski definition) is 4. The van der Waals surface area contributed by atoms with E-state index in [1.807, 2.05) is 0 Å². The molecule has 0 amide bonds. The predicted octanol–water partition coefficient (Wildman–Crippen LogP) is 2.97. The van der Waals surface area contributed by atoms with Gasteiger partial charge in [-0.25, -0.2) is 4.98 Å². The number of hydrogen-bond donors (Lipinski definition) is 2. The van der Waals surface area contributed by atoms with E-state index in [9.17, 15) is 18.3 Å². The lowest BCUT2D eigenvalue weighted by Crippen LogP contribution is -2.49. The van der Waals surface area contributed by atoms with Crippen molar-refractivity contribution in [2.45, 2.75) is 50.5 Å². The molecule has 0 radical (unpaired) electrons. The normalized spacial score (nSPS) is 21.3. The van der Waals surface area contributed by atoms with Crippen LogP contribution in [0.2, 0.25) is 0 Å². The van der Waals surface area contributed by atoms with Crippen LogP contribution in [0, 0.1) is 5.92 Å². The fourth-order valence-corrected chi connectivity index (χ4v) is 3.61. The molecule has 1 saturated carbocycles. The summed E-state index contributed by atoms with van der Waals surface area (Å²) in [4.78, 5) is 3.74. The van der Waals surface area contributed by atoms with E-state index in [2.05, 4.69) is 4.98 Å². The standard InChI is InChI=1S/C12H16F3NO2S/c13-12(14,15)11(18,8-4-2-1-3-5-8)10-16-9(6-17)7-19-10/h7-8,17-18H,1-6H2. The van der Waals surface area contributed by atoms with Gasteiger partial charge in [0.05, 0.1) is 12.3 Å². The van der Waals surface area contributed by atoms with Gasteiger partial charge in [0.25, 0.3) is 0 Å². The number of aliphatic hydroxyl groups excluding tert-OH is 1. The summed E-state index contributed by atoms with van der Waals surface area (Å²) >= 11 is 0.760. The van der Waals surface area contributed by atoms with Gasteiger partial charge < -0.3 is 10.2 Å². The number of alkyl halides is 3. The summed E-state index contributed by atoms with van der Waals surface area (Å²) in [5.74, 6) is -0.848. The monoisotopic (exact) mass is 295 g/mol. The van der Waals surface area contributed by atoms with Crippen molar-refractivity contribution in [1.29, 1.82) is 0 Å². The van der Waals surface area contributed by atoms with Gasteiger partial charge >= 0.3 is 6.18 Å². The highest BCUT2D eigenvalue weighted by Crippen LogP contribution is 2.50. The van der Waals surface area contributed by atoms with Crippen LogP contribution in [0.4, 0.5) is 13.2 Å². The van der Waals surface area contributed by atoms with E-state index < -0.39 is 24.3 Å². The van der Waals surface area contributed by atoms with E-state index in [1.165, 1.54) is 5.38 Å². The molecule has 19 heavy (non-hydrogen) atoms. The molecule has 0 spiro atoms. The first-order valence-corrected chi connectivity index (χ1v) is 7.12. The Morgan fingerprint density at radius 1 is 1.26 bits per heavy atom. The highest BCUT2D eigenvalue weighted by atomic mass is 32.1. The second-order valence-corrected chi connectivity index (χ2v) is 5.76. The minimum absolute atomic E-state index is 0.165. The third kappa shape index (κ3) is 2.64. The van der Waals surface area contributed by atoms with Gasteiger partial charge in [0.2, 0.25) is 5.60 Å². The molecule has 1 unspecified atom stereocenters. The number of halogens is 3. The van der Waals surface area contributed by atoms with Crippen LogP contribution in [-0.2, 0) is 12.2 Å². The molecule has 0 bridgehead atoms. The van der Waals surface area contributed by atoms with Crippen molar-refractivity contribution in [3.05, 3.63) is 16.1 Å². The molecule has 0 saturated heterocycles. The topological polar surface area (TPSA) is 53.4 Å². The molecule has 2 rings (SSSR count). The molecule has 3 nitrogen and oxygen atoms in total. The molecule has 1 aliphatic rings. The maximum Gasteiger partial charge on any atom is 0.424 e. The van der Waals surface area contributed by atoms with E-state index in [0.29, 0.717) is 25.7 Å². The molecule has 7 heteroatoms. The zero-order chi connectivity index (χ0) is 14.1. The van der Waals surface area contributed by atoms with Crippen LogP contribution in [0.1, 0.15) is 42.8 Å². The summed E-state index contributed by atoms with van der Waals surface area (Å²) < 4.78 is 40.0. The lowest BCUT2D eigenvalue weighted by molar-refractivity contribution is -0.290. The average molecular weight is 295 g/mol. The first-order valence-electron chi connectivity index (χ1n) is 6.24. The molecular weight excluding hydrogens is 279 g/mol. The molecule has 0 aromatic carbocycles. The van der Waals surface area contributed by atoms with Crippen LogP contribution in [0.3, 0.4) is 0 Å². The van der Waals surface area contributed by atoms with Crippen LogP contribution >= 0.6 is 11.3 Å². The van der Waals surface area contributed by atoms with Crippen LogP contribution < -0.4 is 0 Å². The summed E-state index contributed by atoms with van der Waals surface area (Å²) in [7, 11) is 0. The zero-order valence-corrected chi connectivity index (χ0v) is 11.1. The van der Waals surface area contributed by atoms with Gasteiger partial charge in [0, 0.05) is 11.3 Å². The van der Waals surface area contributed by atoms with Gasteiger partial charge in [-0.1, -0.05) is 19.3 Å². The lowest BCUT2D eigenvalue weighted by atomic mass is 9.76. The summed E-state index contributed by atoms with van der Waals surface area (Å²) in [5.41, 5.74) is -2.72. The minimum Gasteiger partial charge on any atom is -0.390 e. The van der Waals surface area contributed by atoms with E-state index in [0.717, 1.165) is 17.8 Å². The zero-order valence-electron chi connectivity index (χ0n) is 10.3. The van der Waals surface area contributed by atoms with E-state index in [4.69, 9.17) is 5.11 Å². The Labute approximate surface area is 113 Å².